The van der Waals surface area contributed by atoms with Crippen LogP contribution in [-0.4, -0.2) is 52.6 Å². The summed E-state index contributed by atoms with van der Waals surface area (Å²) >= 11 is 0. The molecule has 0 bridgehead atoms. The van der Waals surface area contributed by atoms with Gasteiger partial charge in [-0.1, -0.05) is 12.1 Å². The fourth-order valence-corrected chi connectivity index (χ4v) is 5.00. The minimum absolute atomic E-state index is 0.0417. The summed E-state index contributed by atoms with van der Waals surface area (Å²) < 4.78 is 20.5. The van der Waals surface area contributed by atoms with Crippen LogP contribution in [0.25, 0.3) is 11.3 Å². The molecule has 1 unspecified atom stereocenters. The van der Waals surface area contributed by atoms with Crippen molar-refractivity contribution in [3.63, 3.8) is 0 Å². The summed E-state index contributed by atoms with van der Waals surface area (Å²) in [6.07, 6.45) is 11.4. The average molecular weight is 460 g/mol. The Balaban J connectivity index is 1.23. The second kappa shape index (κ2) is 10.0. The van der Waals surface area contributed by atoms with Crippen LogP contribution in [0.4, 0.5) is 4.39 Å². The number of halogens is 1. The number of carbonyl (C=O) groups excluding carboxylic acids is 1. The lowest BCUT2D eigenvalue weighted by molar-refractivity contribution is 0.0150. The van der Waals surface area contributed by atoms with Crippen molar-refractivity contribution in [1.82, 2.24) is 14.5 Å². The summed E-state index contributed by atoms with van der Waals surface area (Å²) in [6, 6.07) is 10.7. The SMILES string of the molecule is Cc1cc(CC(=O)c2ccn(-c3ccc(F)cc3)c2)cnc1C1=CCC(N2CCOCC2)CC1. The molecule has 0 radical (unpaired) electrons. The van der Waals surface area contributed by atoms with E-state index in [-0.39, 0.29) is 11.6 Å². The Morgan fingerprint density at radius 1 is 1.18 bits per heavy atom. The van der Waals surface area contributed by atoms with Crippen LogP contribution in [0.3, 0.4) is 0 Å². The molecule has 176 valence electrons. The number of ether oxygens (including phenoxy) is 1. The molecule has 1 atom stereocenters. The summed E-state index contributed by atoms with van der Waals surface area (Å²) in [5, 5.41) is 0. The van der Waals surface area contributed by atoms with Crippen molar-refractivity contribution in [2.24, 2.45) is 0 Å². The van der Waals surface area contributed by atoms with E-state index in [2.05, 4.69) is 24.0 Å². The van der Waals surface area contributed by atoms with E-state index in [0.29, 0.717) is 18.0 Å². The van der Waals surface area contributed by atoms with Gasteiger partial charge in [0.25, 0.3) is 0 Å². The summed E-state index contributed by atoms with van der Waals surface area (Å²) in [4.78, 5) is 20.2. The fraction of sp³-hybridized carbons (Fsp3) is 0.357. The first-order valence-electron chi connectivity index (χ1n) is 12.0. The van der Waals surface area contributed by atoms with E-state index in [1.54, 1.807) is 24.4 Å². The predicted octanol–water partition coefficient (Wildman–Crippen LogP) is 5.01. The van der Waals surface area contributed by atoms with Gasteiger partial charge in [-0.05, 0) is 73.2 Å². The molecule has 1 fully saturated rings. The molecule has 1 aromatic carbocycles. The minimum atomic E-state index is -0.278. The Hall–Kier alpha value is -3.09. The topological polar surface area (TPSA) is 47.4 Å². The highest BCUT2D eigenvalue weighted by Crippen LogP contribution is 2.30. The Kier molecular flexibility index (Phi) is 6.70. The van der Waals surface area contributed by atoms with Crippen LogP contribution < -0.4 is 0 Å². The third-order valence-corrected chi connectivity index (χ3v) is 6.89. The summed E-state index contributed by atoms with van der Waals surface area (Å²) in [5.41, 5.74) is 5.86. The number of hydrogen-bond acceptors (Lipinski definition) is 4. The van der Waals surface area contributed by atoms with E-state index < -0.39 is 0 Å². The smallest absolute Gasteiger partial charge is 0.168 e. The highest BCUT2D eigenvalue weighted by molar-refractivity contribution is 5.97. The van der Waals surface area contributed by atoms with E-state index in [0.717, 1.165) is 68.1 Å². The maximum absolute atomic E-state index is 13.2. The van der Waals surface area contributed by atoms with Crippen molar-refractivity contribution in [2.45, 2.75) is 38.6 Å². The molecule has 34 heavy (non-hydrogen) atoms. The van der Waals surface area contributed by atoms with Crippen LogP contribution in [0.5, 0.6) is 0 Å². The van der Waals surface area contributed by atoms with Crippen LogP contribution in [0.1, 0.15) is 46.4 Å². The standard InChI is InChI=1S/C28H30FN3O2/c1-20-16-21(17-27(33)23-10-11-32(19-23)26-8-4-24(29)5-9-26)18-30-28(20)22-2-6-25(7-3-22)31-12-14-34-15-13-31/h2,4-5,8-11,16,18-19,25H,3,6-7,12-15,17H2,1H3. The number of pyridine rings is 1. The molecule has 0 N–H and O–H groups in total. The van der Waals surface area contributed by atoms with Gasteiger partial charge in [0, 0.05) is 55.4 Å². The van der Waals surface area contributed by atoms with Gasteiger partial charge in [-0.25, -0.2) is 4.39 Å². The van der Waals surface area contributed by atoms with Crippen molar-refractivity contribution in [3.05, 3.63) is 89.3 Å². The van der Waals surface area contributed by atoms with Gasteiger partial charge in [0.1, 0.15) is 5.82 Å². The van der Waals surface area contributed by atoms with Crippen molar-refractivity contribution >= 4 is 11.4 Å². The molecule has 1 aliphatic carbocycles. The van der Waals surface area contributed by atoms with Gasteiger partial charge in [0.2, 0.25) is 0 Å². The van der Waals surface area contributed by atoms with Gasteiger partial charge in [0.05, 0.1) is 18.9 Å². The summed E-state index contributed by atoms with van der Waals surface area (Å²) in [5.74, 6) is -0.237. The van der Waals surface area contributed by atoms with Crippen LogP contribution >= 0.6 is 0 Å². The van der Waals surface area contributed by atoms with E-state index in [9.17, 15) is 9.18 Å². The van der Waals surface area contributed by atoms with Gasteiger partial charge in [-0.3, -0.25) is 14.7 Å². The lowest BCUT2D eigenvalue weighted by Gasteiger charge is -2.36. The Labute approximate surface area is 199 Å². The van der Waals surface area contributed by atoms with Crippen LogP contribution in [0.15, 0.2) is 61.1 Å². The number of ketones is 1. The highest BCUT2D eigenvalue weighted by atomic mass is 19.1. The second-order valence-electron chi connectivity index (χ2n) is 9.20. The van der Waals surface area contributed by atoms with Gasteiger partial charge in [-0.2, -0.15) is 0 Å². The summed E-state index contributed by atoms with van der Waals surface area (Å²) in [7, 11) is 0. The molecule has 5 nitrogen and oxygen atoms in total. The Morgan fingerprint density at radius 2 is 1.97 bits per heavy atom. The number of rotatable bonds is 6. The van der Waals surface area contributed by atoms with E-state index in [1.165, 1.54) is 17.7 Å². The largest absolute Gasteiger partial charge is 0.379 e. The zero-order valence-electron chi connectivity index (χ0n) is 19.5. The molecule has 0 saturated carbocycles. The highest BCUT2D eigenvalue weighted by Gasteiger charge is 2.24. The van der Waals surface area contributed by atoms with Crippen LogP contribution in [0.2, 0.25) is 0 Å². The predicted molar refractivity (Wildman–Crippen MR) is 131 cm³/mol. The first-order valence-corrected chi connectivity index (χ1v) is 12.0. The zero-order valence-corrected chi connectivity index (χ0v) is 19.5. The molecule has 1 saturated heterocycles. The number of aromatic nitrogens is 2. The van der Waals surface area contributed by atoms with Gasteiger partial charge in [0.15, 0.2) is 5.78 Å². The number of hydrogen-bond donors (Lipinski definition) is 0. The molecule has 3 heterocycles. The van der Waals surface area contributed by atoms with Gasteiger partial charge < -0.3 is 9.30 Å². The lowest BCUT2D eigenvalue weighted by atomic mass is 9.90. The first kappa shape index (κ1) is 22.7. The maximum atomic E-state index is 13.2. The molecule has 1 aliphatic heterocycles. The Bertz CT molecular complexity index is 1190. The fourth-order valence-electron chi connectivity index (χ4n) is 5.00. The number of Topliss-reactive ketones (excluding diaryl/α,β-unsaturated/α-hetero) is 1. The number of nitrogens with zero attached hydrogens (tertiary/aromatic N) is 3. The molecular formula is C28H30FN3O2. The number of benzene rings is 1. The number of morpholine rings is 1. The summed E-state index contributed by atoms with van der Waals surface area (Å²) in [6.45, 7) is 5.81. The number of allylic oxidation sites excluding steroid dienone is 1. The number of aryl methyl sites for hydroxylation is 1. The molecule has 2 aromatic heterocycles. The lowest BCUT2D eigenvalue weighted by Crippen LogP contribution is -2.43. The van der Waals surface area contributed by atoms with Gasteiger partial charge >= 0.3 is 0 Å². The van der Waals surface area contributed by atoms with E-state index in [1.807, 2.05) is 17.0 Å². The number of carbonyl (C=O) groups is 1. The van der Waals surface area contributed by atoms with Crippen molar-refractivity contribution in [3.8, 4) is 5.69 Å². The zero-order chi connectivity index (χ0) is 23.5. The van der Waals surface area contributed by atoms with Crippen molar-refractivity contribution in [1.29, 1.82) is 0 Å². The van der Waals surface area contributed by atoms with Gasteiger partial charge in [-0.15, -0.1) is 0 Å². The molecule has 6 heteroatoms. The minimum Gasteiger partial charge on any atom is -0.379 e. The van der Waals surface area contributed by atoms with E-state index >= 15 is 0 Å². The van der Waals surface area contributed by atoms with Crippen molar-refractivity contribution in [2.75, 3.05) is 26.3 Å². The second-order valence-corrected chi connectivity index (χ2v) is 9.20. The first-order chi connectivity index (χ1) is 16.6. The molecule has 3 aromatic rings. The molecule has 2 aliphatic rings. The molecular weight excluding hydrogens is 429 g/mol. The third kappa shape index (κ3) is 5.03. The average Bonchev–Trinajstić information content (AvgIpc) is 3.36. The maximum Gasteiger partial charge on any atom is 0.168 e. The monoisotopic (exact) mass is 459 g/mol. The normalized spacial score (nSPS) is 19.1. The van der Waals surface area contributed by atoms with Crippen molar-refractivity contribution < 1.29 is 13.9 Å². The molecule has 0 spiro atoms. The Morgan fingerprint density at radius 3 is 2.68 bits per heavy atom. The molecule has 0 amide bonds. The van der Waals surface area contributed by atoms with E-state index in [4.69, 9.17) is 9.72 Å². The third-order valence-electron chi connectivity index (χ3n) is 6.89. The van der Waals surface area contributed by atoms with Crippen LogP contribution in [0, 0.1) is 12.7 Å². The van der Waals surface area contributed by atoms with Crippen LogP contribution in [-0.2, 0) is 11.2 Å². The molecule has 5 rings (SSSR count). The quantitative estimate of drug-likeness (QED) is 0.486.